The van der Waals surface area contributed by atoms with Gasteiger partial charge in [-0.2, -0.15) is 0 Å². The number of aromatic carboxylic acids is 1. The molecular weight excluding hydrogens is 581 g/mol. The Kier molecular flexibility index (Phi) is 10.4. The summed E-state index contributed by atoms with van der Waals surface area (Å²) in [6.45, 7) is 7.77. The summed E-state index contributed by atoms with van der Waals surface area (Å²) in [6.07, 6.45) is 0.677. The summed E-state index contributed by atoms with van der Waals surface area (Å²) in [4.78, 5) is 24.8. The maximum absolute atomic E-state index is 15.2. The molecule has 0 spiro atoms. The molecular formula is C34H38FN3O5S. The van der Waals surface area contributed by atoms with E-state index >= 15 is 4.39 Å². The van der Waals surface area contributed by atoms with Crippen LogP contribution in [0, 0.1) is 6.92 Å². The Morgan fingerprint density at radius 2 is 1.82 bits per heavy atom. The van der Waals surface area contributed by atoms with Crippen LogP contribution < -0.4 is 10.1 Å². The van der Waals surface area contributed by atoms with Crippen LogP contribution in [0.25, 0.3) is 22.0 Å². The maximum atomic E-state index is 15.2. The van der Waals surface area contributed by atoms with Crippen molar-refractivity contribution in [3.05, 3.63) is 95.5 Å². The minimum Gasteiger partial charge on any atom is -0.497 e. The molecule has 1 aromatic heterocycles. The molecule has 0 atom stereocenters. The molecule has 1 amide bonds. The number of carbonyl (C=O) groups excluding carboxylic acids is 1. The number of rotatable bonds is 11. The number of nitrogens with one attached hydrogen (secondary N) is 1. The second-order valence-corrected chi connectivity index (χ2v) is 12.6. The number of amides is 1. The second kappa shape index (κ2) is 14.0. The molecule has 0 radical (unpaired) electrons. The molecule has 1 heterocycles. The lowest BCUT2D eigenvalue weighted by Gasteiger charge is -2.19. The van der Waals surface area contributed by atoms with E-state index in [4.69, 9.17) is 9.47 Å². The molecule has 2 N–H and O–H groups in total. The largest absolute Gasteiger partial charge is 0.497 e. The molecule has 0 bridgehead atoms. The molecule has 10 heteroatoms. The summed E-state index contributed by atoms with van der Waals surface area (Å²) in [7, 11) is 3.66. The summed E-state index contributed by atoms with van der Waals surface area (Å²) in [5.74, 6) is -0.670. The number of carboxylic acids is 1. The van der Waals surface area contributed by atoms with Gasteiger partial charge in [0.1, 0.15) is 17.2 Å². The number of halogens is 1. The lowest BCUT2D eigenvalue weighted by atomic mass is 10.0. The topological polar surface area (TPSA) is 93.0 Å². The molecule has 3 aromatic carbocycles. The number of nitrogens with zero attached hydrogens (tertiary/aromatic N) is 2. The van der Waals surface area contributed by atoms with Gasteiger partial charge in [0.05, 0.1) is 19.2 Å². The van der Waals surface area contributed by atoms with Crippen molar-refractivity contribution in [1.82, 2.24) is 14.2 Å². The fourth-order valence-corrected chi connectivity index (χ4v) is 5.76. The van der Waals surface area contributed by atoms with Crippen molar-refractivity contribution < 1.29 is 28.6 Å². The molecule has 0 saturated carbocycles. The molecule has 0 aliphatic heterocycles. The van der Waals surface area contributed by atoms with Crippen molar-refractivity contribution >= 4 is 34.9 Å². The van der Waals surface area contributed by atoms with Gasteiger partial charge >= 0.3 is 12.1 Å². The Balaban J connectivity index is 1.61. The van der Waals surface area contributed by atoms with E-state index in [-0.39, 0.29) is 18.7 Å². The monoisotopic (exact) mass is 619 g/mol. The van der Waals surface area contributed by atoms with Gasteiger partial charge in [-0.25, -0.2) is 18.3 Å². The first-order valence-corrected chi connectivity index (χ1v) is 14.9. The average molecular weight is 620 g/mol. The summed E-state index contributed by atoms with van der Waals surface area (Å²) >= 11 is 1.60. The number of benzene rings is 3. The van der Waals surface area contributed by atoms with Crippen LogP contribution in [-0.4, -0.2) is 52.3 Å². The van der Waals surface area contributed by atoms with Crippen molar-refractivity contribution in [2.24, 2.45) is 0 Å². The molecule has 232 valence electrons. The van der Waals surface area contributed by atoms with Crippen molar-refractivity contribution in [2.45, 2.75) is 51.3 Å². The summed E-state index contributed by atoms with van der Waals surface area (Å²) in [5.41, 5.74) is 3.88. The fourth-order valence-electron chi connectivity index (χ4n) is 4.87. The van der Waals surface area contributed by atoms with Crippen molar-refractivity contribution in [3.8, 4) is 16.9 Å². The van der Waals surface area contributed by atoms with Gasteiger partial charge in [-0.3, -0.25) is 0 Å². The highest BCUT2D eigenvalue weighted by Gasteiger charge is 2.20. The second-order valence-electron chi connectivity index (χ2n) is 11.4. The zero-order valence-electron chi connectivity index (χ0n) is 25.8. The van der Waals surface area contributed by atoms with Crippen LogP contribution in [0.5, 0.6) is 5.75 Å². The predicted octanol–water partition coefficient (Wildman–Crippen LogP) is 7.84. The highest BCUT2D eigenvalue weighted by atomic mass is 32.2. The third-order valence-corrected chi connectivity index (χ3v) is 7.70. The number of methoxy groups -OCH3 is 1. The van der Waals surface area contributed by atoms with Gasteiger partial charge in [-0.1, -0.05) is 24.3 Å². The minimum atomic E-state index is -1.04. The van der Waals surface area contributed by atoms with Crippen LogP contribution in [0.2, 0.25) is 0 Å². The Labute approximate surface area is 261 Å². The fraction of sp³-hybridized carbons (Fsp3) is 0.294. The molecule has 44 heavy (non-hydrogen) atoms. The van der Waals surface area contributed by atoms with Crippen LogP contribution in [0.3, 0.4) is 0 Å². The van der Waals surface area contributed by atoms with E-state index in [1.807, 2.05) is 61.0 Å². The Morgan fingerprint density at radius 3 is 2.48 bits per heavy atom. The standard InChI is InChI=1S/C34H38FN3O5S/c1-22-31(24-8-7-9-28(18-24)44-37(5)20-23-10-13-27(42-6)14-11-23)29-19-25(32(39)40)12-15-30(29)38(22)21-26(35)16-17-36-33(41)43-34(2,3)4/h7-16,18-19H,17,20-21H2,1-6H3,(H,36,41)(H,39,40)/b26-16-. The molecule has 0 aliphatic rings. The van der Waals surface area contributed by atoms with Gasteiger partial charge in [0.25, 0.3) is 0 Å². The van der Waals surface area contributed by atoms with E-state index in [0.29, 0.717) is 12.1 Å². The molecule has 0 aliphatic carbocycles. The number of carbonyl (C=O) groups is 2. The number of allylic oxidation sites excluding steroid dienone is 1. The maximum Gasteiger partial charge on any atom is 0.407 e. The predicted molar refractivity (Wildman–Crippen MR) is 173 cm³/mol. The van der Waals surface area contributed by atoms with Crippen LogP contribution >= 0.6 is 11.9 Å². The van der Waals surface area contributed by atoms with Crippen molar-refractivity contribution in [2.75, 3.05) is 20.7 Å². The zero-order valence-corrected chi connectivity index (χ0v) is 26.6. The first kappa shape index (κ1) is 32.6. The lowest BCUT2D eigenvalue weighted by Crippen LogP contribution is -2.32. The Bertz CT molecular complexity index is 1670. The molecule has 4 rings (SSSR count). The van der Waals surface area contributed by atoms with Gasteiger partial charge in [0.15, 0.2) is 0 Å². The summed E-state index contributed by atoms with van der Waals surface area (Å²) in [5, 5.41) is 13.0. The van der Waals surface area contributed by atoms with E-state index in [9.17, 15) is 14.7 Å². The third-order valence-electron chi connectivity index (χ3n) is 6.80. The quantitative estimate of drug-likeness (QED) is 0.165. The summed E-state index contributed by atoms with van der Waals surface area (Å²) in [6, 6.07) is 20.8. The van der Waals surface area contributed by atoms with Crippen molar-refractivity contribution in [1.29, 1.82) is 0 Å². The van der Waals surface area contributed by atoms with E-state index in [2.05, 4.69) is 15.7 Å². The first-order valence-electron chi connectivity index (χ1n) is 14.1. The zero-order chi connectivity index (χ0) is 32.0. The third kappa shape index (κ3) is 8.42. The molecule has 0 unspecified atom stereocenters. The van der Waals surface area contributed by atoms with E-state index in [0.717, 1.165) is 38.4 Å². The molecule has 0 saturated heterocycles. The van der Waals surface area contributed by atoms with Gasteiger partial charge in [-0.15, -0.1) is 0 Å². The van der Waals surface area contributed by atoms with Crippen molar-refractivity contribution in [3.63, 3.8) is 0 Å². The smallest absolute Gasteiger partial charge is 0.407 e. The van der Waals surface area contributed by atoms with Gasteiger partial charge in [-0.05, 0) is 106 Å². The summed E-state index contributed by atoms with van der Waals surface area (Å²) < 4.78 is 29.6. The average Bonchev–Trinajstić information content (AvgIpc) is 3.22. The van der Waals surface area contributed by atoms with Gasteiger partial charge < -0.3 is 24.5 Å². The van der Waals surface area contributed by atoms with E-state index in [1.54, 1.807) is 52.0 Å². The Morgan fingerprint density at radius 1 is 1.09 bits per heavy atom. The molecule has 4 aromatic rings. The van der Waals surface area contributed by atoms with Gasteiger partial charge in [0.2, 0.25) is 0 Å². The number of hydrogen-bond acceptors (Lipinski definition) is 6. The van der Waals surface area contributed by atoms with Crippen LogP contribution in [0.15, 0.2) is 83.5 Å². The number of alkyl carbamates (subject to hydrolysis) is 1. The first-order chi connectivity index (χ1) is 20.8. The highest BCUT2D eigenvalue weighted by Crippen LogP contribution is 2.38. The highest BCUT2D eigenvalue weighted by molar-refractivity contribution is 7.97. The van der Waals surface area contributed by atoms with Gasteiger partial charge in [0, 0.05) is 40.1 Å². The SMILES string of the molecule is COc1ccc(CN(C)Sc2cccc(-c3c(C)n(C/C(F)=C/CNC(=O)OC(C)(C)C)c4ccc(C(=O)O)cc34)c2)cc1. The normalized spacial score (nSPS) is 12.0. The van der Waals surface area contributed by atoms with E-state index in [1.165, 1.54) is 12.1 Å². The Hall–Kier alpha value is -4.28. The number of hydrogen-bond donors (Lipinski definition) is 2. The minimum absolute atomic E-state index is 0.0294. The van der Waals surface area contributed by atoms with Crippen LogP contribution in [0.4, 0.5) is 9.18 Å². The number of aromatic nitrogens is 1. The van der Waals surface area contributed by atoms with E-state index < -0.39 is 23.5 Å². The number of carboxylic acid groups (broad SMARTS) is 1. The number of ether oxygens (including phenoxy) is 2. The number of fused-ring (bicyclic) bond motifs is 1. The van der Waals surface area contributed by atoms with Crippen LogP contribution in [-0.2, 0) is 17.8 Å². The molecule has 0 fully saturated rings. The van der Waals surface area contributed by atoms with Crippen LogP contribution in [0.1, 0.15) is 42.4 Å². The lowest BCUT2D eigenvalue weighted by molar-refractivity contribution is 0.0533. The molecule has 8 nitrogen and oxygen atoms in total.